The third kappa shape index (κ3) is 4.60. The van der Waals surface area contributed by atoms with Gasteiger partial charge in [-0.1, -0.05) is 0 Å². The zero-order valence-corrected chi connectivity index (χ0v) is 9.33. The first-order valence-electron chi connectivity index (χ1n) is 4.90. The van der Waals surface area contributed by atoms with Crippen molar-refractivity contribution in [3.8, 4) is 11.5 Å². The number of hydrogen-bond donors (Lipinski definition) is 0. The van der Waals surface area contributed by atoms with E-state index in [9.17, 15) is 22.4 Å². The minimum absolute atomic E-state index is 0.0703. The van der Waals surface area contributed by atoms with E-state index in [2.05, 4.69) is 9.47 Å². The zero-order chi connectivity index (χ0) is 13.7. The number of halogens is 4. The second-order valence-electron chi connectivity index (χ2n) is 3.41. The molecule has 0 radical (unpaired) electrons. The lowest BCUT2D eigenvalue weighted by Crippen LogP contribution is -2.08. The predicted molar refractivity (Wildman–Crippen MR) is 54.1 cm³/mol. The summed E-state index contributed by atoms with van der Waals surface area (Å²) in [6.45, 7) is -4.85. The number of carbonyl (C=O) groups is 1. The standard InChI is InChI=1S/C11H10F4O3/c1-6(16)4-7-5-8(17-10(12)13)2-3-9(7)18-11(14)15/h2-3,5,10-11H,4H2,1H3. The monoisotopic (exact) mass is 266 g/mol. The number of ether oxygens (including phenoxy) is 2. The molecule has 0 aromatic heterocycles. The molecule has 0 spiro atoms. The van der Waals surface area contributed by atoms with Gasteiger partial charge in [-0.25, -0.2) is 0 Å². The molecule has 100 valence electrons. The quantitative estimate of drug-likeness (QED) is 0.742. The Morgan fingerprint density at radius 3 is 2.28 bits per heavy atom. The zero-order valence-electron chi connectivity index (χ0n) is 9.33. The fourth-order valence-electron chi connectivity index (χ4n) is 1.35. The third-order valence-electron chi connectivity index (χ3n) is 1.91. The van der Waals surface area contributed by atoms with E-state index < -0.39 is 13.2 Å². The Hall–Kier alpha value is -1.79. The lowest BCUT2D eigenvalue weighted by Gasteiger charge is -2.12. The van der Waals surface area contributed by atoms with E-state index in [1.165, 1.54) is 6.92 Å². The first-order chi connectivity index (χ1) is 8.38. The first-order valence-corrected chi connectivity index (χ1v) is 4.90. The molecule has 0 aliphatic carbocycles. The van der Waals surface area contributed by atoms with Crippen LogP contribution in [0.2, 0.25) is 0 Å². The van der Waals surface area contributed by atoms with Crippen molar-refractivity contribution in [2.24, 2.45) is 0 Å². The van der Waals surface area contributed by atoms with E-state index in [1.807, 2.05) is 0 Å². The number of alkyl halides is 4. The van der Waals surface area contributed by atoms with Gasteiger partial charge in [-0.3, -0.25) is 4.79 Å². The number of ketones is 1. The molecule has 0 unspecified atom stereocenters. The fourth-order valence-corrected chi connectivity index (χ4v) is 1.35. The molecule has 7 heteroatoms. The largest absolute Gasteiger partial charge is 0.435 e. The first kappa shape index (κ1) is 14.3. The number of rotatable bonds is 6. The summed E-state index contributed by atoms with van der Waals surface area (Å²) in [6, 6.07) is 3.20. The van der Waals surface area contributed by atoms with Crippen molar-refractivity contribution in [3.63, 3.8) is 0 Å². The third-order valence-corrected chi connectivity index (χ3v) is 1.91. The van der Waals surface area contributed by atoms with Gasteiger partial charge in [0, 0.05) is 12.0 Å². The van der Waals surface area contributed by atoms with E-state index in [0.717, 1.165) is 18.2 Å². The van der Waals surface area contributed by atoms with Gasteiger partial charge < -0.3 is 9.47 Å². The number of hydrogen-bond acceptors (Lipinski definition) is 3. The molecule has 0 fully saturated rings. The van der Waals surface area contributed by atoms with Gasteiger partial charge in [-0.05, 0) is 25.1 Å². The second-order valence-corrected chi connectivity index (χ2v) is 3.41. The Bertz CT molecular complexity index is 421. The van der Waals surface area contributed by atoms with Crippen LogP contribution in [0, 0.1) is 0 Å². The maximum Gasteiger partial charge on any atom is 0.387 e. The maximum absolute atomic E-state index is 12.1. The molecule has 0 saturated carbocycles. The van der Waals surface area contributed by atoms with Crippen molar-refractivity contribution in [1.82, 2.24) is 0 Å². The lowest BCUT2D eigenvalue weighted by atomic mass is 10.1. The minimum Gasteiger partial charge on any atom is -0.435 e. The summed E-state index contributed by atoms with van der Waals surface area (Å²) in [7, 11) is 0. The highest BCUT2D eigenvalue weighted by molar-refractivity contribution is 5.79. The molecule has 0 amide bonds. The maximum atomic E-state index is 12.1. The van der Waals surface area contributed by atoms with Crippen LogP contribution < -0.4 is 9.47 Å². The average Bonchev–Trinajstić information content (AvgIpc) is 2.19. The van der Waals surface area contributed by atoms with E-state index in [4.69, 9.17) is 0 Å². The number of carbonyl (C=O) groups excluding carboxylic acids is 1. The summed E-state index contributed by atoms with van der Waals surface area (Å²) in [5.41, 5.74) is 0.0703. The summed E-state index contributed by atoms with van der Waals surface area (Å²) < 4.78 is 56.4. The fraction of sp³-hybridized carbons (Fsp3) is 0.364. The van der Waals surface area contributed by atoms with Gasteiger partial charge >= 0.3 is 13.2 Å². The van der Waals surface area contributed by atoms with Crippen LogP contribution in [0.3, 0.4) is 0 Å². The topological polar surface area (TPSA) is 35.5 Å². The van der Waals surface area contributed by atoms with E-state index in [1.54, 1.807) is 0 Å². The van der Waals surface area contributed by atoms with Gasteiger partial charge in [-0.15, -0.1) is 0 Å². The highest BCUT2D eigenvalue weighted by Gasteiger charge is 2.14. The molecule has 0 aliphatic rings. The van der Waals surface area contributed by atoms with Gasteiger partial charge in [0.2, 0.25) is 0 Å². The molecular formula is C11H10F4O3. The lowest BCUT2D eigenvalue weighted by molar-refractivity contribution is -0.116. The van der Waals surface area contributed by atoms with Crippen molar-refractivity contribution in [2.75, 3.05) is 0 Å². The average molecular weight is 266 g/mol. The van der Waals surface area contributed by atoms with Crippen LogP contribution in [0.4, 0.5) is 17.6 Å². The summed E-state index contributed by atoms with van der Waals surface area (Å²) in [5.74, 6) is -0.770. The van der Waals surface area contributed by atoms with E-state index in [-0.39, 0.29) is 29.3 Å². The Morgan fingerprint density at radius 1 is 1.17 bits per heavy atom. The van der Waals surface area contributed by atoms with Gasteiger partial charge in [0.25, 0.3) is 0 Å². The Morgan fingerprint density at radius 2 is 1.78 bits per heavy atom. The minimum atomic E-state index is -3.06. The molecule has 18 heavy (non-hydrogen) atoms. The van der Waals surface area contributed by atoms with Crippen molar-refractivity contribution in [3.05, 3.63) is 23.8 Å². The van der Waals surface area contributed by atoms with E-state index >= 15 is 0 Å². The van der Waals surface area contributed by atoms with Gasteiger partial charge in [0.1, 0.15) is 17.3 Å². The molecule has 3 nitrogen and oxygen atoms in total. The Balaban J connectivity index is 2.99. The molecule has 0 atom stereocenters. The number of Topliss-reactive ketones (excluding diaryl/α,β-unsaturated/α-hetero) is 1. The molecule has 0 saturated heterocycles. The van der Waals surface area contributed by atoms with Gasteiger partial charge in [0.15, 0.2) is 0 Å². The molecule has 0 heterocycles. The Labute approximate surface area is 100 Å². The molecule has 0 aliphatic heterocycles. The second kappa shape index (κ2) is 6.23. The number of benzene rings is 1. The van der Waals surface area contributed by atoms with Crippen LogP contribution in [0.5, 0.6) is 11.5 Å². The summed E-state index contributed by atoms with van der Waals surface area (Å²) in [5, 5.41) is 0. The van der Waals surface area contributed by atoms with Gasteiger partial charge in [0.05, 0.1) is 0 Å². The van der Waals surface area contributed by atoms with Gasteiger partial charge in [-0.2, -0.15) is 17.6 Å². The van der Waals surface area contributed by atoms with Crippen LogP contribution in [-0.2, 0) is 11.2 Å². The SMILES string of the molecule is CC(=O)Cc1cc(OC(F)F)ccc1OC(F)F. The molecule has 1 aromatic carbocycles. The summed E-state index contributed by atoms with van der Waals surface area (Å²) in [6.07, 6.45) is -0.206. The van der Waals surface area contributed by atoms with Crippen LogP contribution in [0.15, 0.2) is 18.2 Å². The van der Waals surface area contributed by atoms with Crippen LogP contribution in [0.25, 0.3) is 0 Å². The molecule has 0 bridgehead atoms. The predicted octanol–water partition coefficient (Wildman–Crippen LogP) is 3.02. The highest BCUT2D eigenvalue weighted by atomic mass is 19.3. The molecule has 1 rings (SSSR count). The van der Waals surface area contributed by atoms with E-state index in [0.29, 0.717) is 0 Å². The van der Waals surface area contributed by atoms with Crippen LogP contribution in [-0.4, -0.2) is 19.0 Å². The normalized spacial score (nSPS) is 10.8. The molecular weight excluding hydrogens is 256 g/mol. The summed E-state index contributed by atoms with van der Waals surface area (Å²) in [4.78, 5) is 11.0. The summed E-state index contributed by atoms with van der Waals surface area (Å²) >= 11 is 0. The molecule has 1 aromatic rings. The van der Waals surface area contributed by atoms with Crippen molar-refractivity contribution < 1.29 is 31.8 Å². The van der Waals surface area contributed by atoms with Crippen molar-refractivity contribution in [1.29, 1.82) is 0 Å². The van der Waals surface area contributed by atoms with Crippen molar-refractivity contribution >= 4 is 5.78 Å². The highest BCUT2D eigenvalue weighted by Crippen LogP contribution is 2.27. The van der Waals surface area contributed by atoms with Crippen LogP contribution in [0.1, 0.15) is 12.5 Å². The van der Waals surface area contributed by atoms with Crippen LogP contribution >= 0.6 is 0 Å². The smallest absolute Gasteiger partial charge is 0.387 e. The molecule has 0 N–H and O–H groups in total. The Kier molecular flexibility index (Phi) is 4.94. The van der Waals surface area contributed by atoms with Crippen molar-refractivity contribution in [2.45, 2.75) is 26.6 Å².